The topological polar surface area (TPSA) is 62.5 Å². The number of rotatable bonds is 6. The predicted octanol–water partition coefficient (Wildman–Crippen LogP) is 5.26. The molecule has 5 rings (SSSR count). The molecule has 1 atom stereocenters. The van der Waals surface area contributed by atoms with Crippen LogP contribution in [0.4, 0.5) is 5.82 Å². The van der Waals surface area contributed by atoms with Gasteiger partial charge in [-0.3, -0.25) is 4.79 Å². The number of likely N-dealkylation sites (tertiary alicyclic amines) is 1. The van der Waals surface area contributed by atoms with Crippen LogP contribution in [0.25, 0.3) is 16.9 Å². The Morgan fingerprint density at radius 3 is 2.87 bits per heavy atom. The summed E-state index contributed by atoms with van der Waals surface area (Å²) in [7, 11) is 0. The van der Waals surface area contributed by atoms with Crippen LogP contribution in [0.15, 0.2) is 41.0 Å². The van der Waals surface area contributed by atoms with Gasteiger partial charge in [0.1, 0.15) is 5.82 Å². The molecule has 2 fully saturated rings. The molecule has 1 unspecified atom stereocenters. The summed E-state index contributed by atoms with van der Waals surface area (Å²) in [5.74, 6) is 2.25. The minimum Gasteiger partial charge on any atom is -0.370 e. The summed E-state index contributed by atoms with van der Waals surface area (Å²) in [5.41, 5.74) is 2.42. The van der Waals surface area contributed by atoms with Crippen LogP contribution in [0.1, 0.15) is 32.1 Å². The number of nitrogens with zero attached hydrogens (tertiary/aromatic N) is 4. The molecular weight excluding hydrogens is 478 g/mol. The Balaban J connectivity index is 1.35. The van der Waals surface area contributed by atoms with E-state index in [1.807, 2.05) is 34.8 Å². The van der Waals surface area contributed by atoms with Gasteiger partial charge in [0, 0.05) is 42.7 Å². The smallest absolute Gasteiger partial charge is 0.222 e. The first-order valence-corrected chi connectivity index (χ1v) is 12.1. The molecule has 2 aromatic heterocycles. The zero-order chi connectivity index (χ0) is 21.4. The molecule has 3 heterocycles. The van der Waals surface area contributed by atoms with Crippen molar-refractivity contribution >= 4 is 44.9 Å². The van der Waals surface area contributed by atoms with Gasteiger partial charge in [-0.25, -0.2) is 4.98 Å². The van der Waals surface area contributed by atoms with Crippen LogP contribution >= 0.6 is 27.5 Å². The molecule has 162 valence electrons. The van der Waals surface area contributed by atoms with E-state index in [9.17, 15) is 4.79 Å². The number of carbonyl (C=O) groups is 1. The van der Waals surface area contributed by atoms with E-state index in [1.165, 1.54) is 12.8 Å². The predicted molar refractivity (Wildman–Crippen MR) is 126 cm³/mol. The minimum atomic E-state index is 0.329. The molecule has 1 aliphatic heterocycles. The van der Waals surface area contributed by atoms with Crippen LogP contribution in [0.3, 0.4) is 0 Å². The van der Waals surface area contributed by atoms with Crippen LogP contribution in [-0.4, -0.2) is 45.0 Å². The van der Waals surface area contributed by atoms with Gasteiger partial charge in [0.2, 0.25) is 5.91 Å². The number of halogens is 2. The summed E-state index contributed by atoms with van der Waals surface area (Å²) in [6.45, 7) is 2.50. The maximum Gasteiger partial charge on any atom is 0.222 e. The fourth-order valence-electron chi connectivity index (χ4n) is 4.27. The van der Waals surface area contributed by atoms with E-state index >= 15 is 0 Å². The van der Waals surface area contributed by atoms with E-state index in [0.717, 1.165) is 66.1 Å². The molecule has 1 amide bonds. The van der Waals surface area contributed by atoms with Crippen molar-refractivity contribution in [2.24, 2.45) is 11.8 Å². The number of anilines is 1. The maximum atomic E-state index is 12.5. The van der Waals surface area contributed by atoms with Gasteiger partial charge in [-0.05, 0) is 59.5 Å². The van der Waals surface area contributed by atoms with Crippen LogP contribution in [0.2, 0.25) is 5.02 Å². The second-order valence-corrected chi connectivity index (χ2v) is 9.87. The summed E-state index contributed by atoms with van der Waals surface area (Å²) in [6, 6.07) is 9.71. The summed E-state index contributed by atoms with van der Waals surface area (Å²) in [6.07, 6.45) is 7.10. The van der Waals surface area contributed by atoms with Gasteiger partial charge < -0.3 is 10.2 Å². The molecular formula is C23H25BrClN5O. The number of amides is 1. The van der Waals surface area contributed by atoms with Crippen molar-refractivity contribution in [3.05, 3.63) is 46.0 Å². The number of benzene rings is 1. The standard InChI is InChI=1S/C23H25BrClN5O/c24-18-13-27-30-21(11-20(28-23(18)30)17-5-1-2-6-19(17)25)26-12-16-4-3-9-29(14-16)22(31)10-15-7-8-15/h1-2,5-6,11,13,15-16,26H,3-4,7-10,12,14H2. The van der Waals surface area contributed by atoms with Gasteiger partial charge in [0.05, 0.1) is 16.4 Å². The zero-order valence-electron chi connectivity index (χ0n) is 17.2. The van der Waals surface area contributed by atoms with E-state index in [-0.39, 0.29) is 0 Å². The Labute approximate surface area is 195 Å². The van der Waals surface area contributed by atoms with Crippen molar-refractivity contribution in [3.63, 3.8) is 0 Å². The molecule has 8 heteroatoms. The second kappa shape index (κ2) is 8.79. The number of hydrogen-bond donors (Lipinski definition) is 1. The number of hydrogen-bond acceptors (Lipinski definition) is 4. The summed E-state index contributed by atoms with van der Waals surface area (Å²) in [4.78, 5) is 19.4. The zero-order valence-corrected chi connectivity index (χ0v) is 19.6. The molecule has 3 aromatic rings. The third-order valence-electron chi connectivity index (χ3n) is 6.18. The Hall–Kier alpha value is -2.12. The van der Waals surface area contributed by atoms with E-state index in [4.69, 9.17) is 16.6 Å². The lowest BCUT2D eigenvalue weighted by Gasteiger charge is -2.33. The second-order valence-electron chi connectivity index (χ2n) is 8.61. The highest BCUT2D eigenvalue weighted by atomic mass is 79.9. The minimum absolute atomic E-state index is 0.329. The fraction of sp³-hybridized carbons (Fsp3) is 0.435. The van der Waals surface area contributed by atoms with Crippen molar-refractivity contribution in [2.45, 2.75) is 32.1 Å². The molecule has 31 heavy (non-hydrogen) atoms. The fourth-order valence-corrected chi connectivity index (χ4v) is 4.85. The molecule has 1 N–H and O–H groups in total. The third-order valence-corrected chi connectivity index (χ3v) is 7.07. The van der Waals surface area contributed by atoms with Crippen LogP contribution in [-0.2, 0) is 4.79 Å². The first-order chi connectivity index (χ1) is 15.1. The molecule has 0 spiro atoms. The number of piperidine rings is 1. The monoisotopic (exact) mass is 501 g/mol. The molecule has 1 saturated heterocycles. The Bertz CT molecular complexity index is 1110. The summed E-state index contributed by atoms with van der Waals surface area (Å²) < 4.78 is 2.64. The van der Waals surface area contributed by atoms with Crippen molar-refractivity contribution in [1.82, 2.24) is 19.5 Å². The highest BCUT2D eigenvalue weighted by molar-refractivity contribution is 9.10. The van der Waals surface area contributed by atoms with Crippen molar-refractivity contribution in [3.8, 4) is 11.3 Å². The molecule has 0 radical (unpaired) electrons. The molecule has 1 saturated carbocycles. The summed E-state index contributed by atoms with van der Waals surface area (Å²) >= 11 is 9.98. The van der Waals surface area contributed by atoms with E-state index in [0.29, 0.717) is 22.8 Å². The van der Waals surface area contributed by atoms with Gasteiger partial charge in [0.25, 0.3) is 0 Å². The van der Waals surface area contributed by atoms with Crippen LogP contribution < -0.4 is 5.32 Å². The Morgan fingerprint density at radius 1 is 1.23 bits per heavy atom. The number of carbonyl (C=O) groups excluding carboxylic acids is 1. The largest absolute Gasteiger partial charge is 0.370 e. The first-order valence-electron chi connectivity index (χ1n) is 10.9. The van der Waals surface area contributed by atoms with Crippen molar-refractivity contribution in [2.75, 3.05) is 25.0 Å². The van der Waals surface area contributed by atoms with E-state index in [2.05, 4.69) is 31.2 Å². The number of nitrogens with one attached hydrogen (secondary N) is 1. The molecule has 6 nitrogen and oxygen atoms in total. The molecule has 1 aromatic carbocycles. The van der Waals surface area contributed by atoms with Gasteiger partial charge in [-0.15, -0.1) is 0 Å². The average molecular weight is 503 g/mol. The summed E-state index contributed by atoms with van der Waals surface area (Å²) in [5, 5.41) is 8.71. The highest BCUT2D eigenvalue weighted by Crippen LogP contribution is 2.34. The van der Waals surface area contributed by atoms with E-state index in [1.54, 1.807) is 6.20 Å². The molecule has 2 aliphatic rings. The van der Waals surface area contributed by atoms with Crippen molar-refractivity contribution < 1.29 is 4.79 Å². The molecule has 0 bridgehead atoms. The van der Waals surface area contributed by atoms with E-state index < -0.39 is 0 Å². The van der Waals surface area contributed by atoms with Gasteiger partial charge in [0.15, 0.2) is 5.65 Å². The normalized spacial score (nSPS) is 19.0. The highest BCUT2D eigenvalue weighted by Gasteiger charge is 2.29. The average Bonchev–Trinajstić information content (AvgIpc) is 3.52. The number of aromatic nitrogens is 3. The Kier molecular flexibility index (Phi) is 5.89. The lowest BCUT2D eigenvalue weighted by molar-refractivity contribution is -0.133. The van der Waals surface area contributed by atoms with Gasteiger partial charge >= 0.3 is 0 Å². The van der Waals surface area contributed by atoms with Crippen LogP contribution in [0.5, 0.6) is 0 Å². The van der Waals surface area contributed by atoms with Gasteiger partial charge in [-0.2, -0.15) is 9.61 Å². The first kappa shape index (κ1) is 20.8. The SMILES string of the molecule is O=C(CC1CC1)N1CCCC(CNc2cc(-c3ccccc3Cl)nc3c(Br)cnn23)C1. The van der Waals surface area contributed by atoms with Crippen molar-refractivity contribution in [1.29, 1.82) is 0 Å². The van der Waals surface area contributed by atoms with Crippen LogP contribution in [0, 0.1) is 11.8 Å². The maximum absolute atomic E-state index is 12.5. The Morgan fingerprint density at radius 2 is 2.06 bits per heavy atom. The lowest BCUT2D eigenvalue weighted by Crippen LogP contribution is -2.42. The van der Waals surface area contributed by atoms with Gasteiger partial charge in [-0.1, -0.05) is 29.8 Å². The quantitative estimate of drug-likeness (QED) is 0.499. The number of fused-ring (bicyclic) bond motifs is 1. The third kappa shape index (κ3) is 4.58. The molecule has 1 aliphatic carbocycles. The lowest BCUT2D eigenvalue weighted by atomic mass is 9.97.